The molecule has 5 fully saturated rings. The Bertz CT molecular complexity index is 533. The first-order valence-electron chi connectivity index (χ1n) is 7.40. The topological polar surface area (TPSA) is 20.3 Å². The fourth-order valence-corrected chi connectivity index (χ4v) is 4.13. The van der Waals surface area contributed by atoms with Crippen LogP contribution in [-0.4, -0.2) is 23.3 Å². The first-order chi connectivity index (χ1) is 9.33. The molecule has 4 aliphatic heterocycles. The minimum atomic E-state index is 0.312. The highest BCUT2D eigenvalue weighted by Crippen LogP contribution is 2.46. The largest absolute Gasteiger partial charge is 0.365 e. The van der Waals surface area contributed by atoms with Gasteiger partial charge in [-0.1, -0.05) is 36.8 Å². The van der Waals surface area contributed by atoms with Crippen LogP contribution < -0.4 is 0 Å². The summed E-state index contributed by atoms with van der Waals surface area (Å²) in [5.74, 6) is 1.34. The molecule has 0 amide bonds. The minimum Gasteiger partial charge on any atom is -0.365 e. The summed E-state index contributed by atoms with van der Waals surface area (Å²) in [6.07, 6.45) is 7.03. The molecule has 1 aromatic rings. The van der Waals surface area contributed by atoms with E-state index in [-0.39, 0.29) is 0 Å². The Hall–Kier alpha value is -1.57. The predicted octanol–water partition coefficient (Wildman–Crippen LogP) is 3.10. The van der Waals surface area contributed by atoms with Gasteiger partial charge in [0.1, 0.15) is 0 Å². The number of ketones is 1. The lowest BCUT2D eigenvalue weighted by Gasteiger charge is -2.49. The number of hydrogen-bond donors (Lipinski definition) is 0. The molecule has 0 N–H and O–H groups in total. The molecule has 5 aliphatic rings. The smallest absolute Gasteiger partial charge is 0.182 e. The first kappa shape index (κ1) is 11.3. The molecule has 0 aromatic heterocycles. The lowest BCUT2D eigenvalue weighted by molar-refractivity contribution is -0.130. The normalized spacial score (nSPS) is 34.9. The number of carbonyl (C=O) groups is 1. The van der Waals surface area contributed by atoms with Gasteiger partial charge in [0.15, 0.2) is 5.78 Å². The van der Waals surface area contributed by atoms with Gasteiger partial charge in [-0.2, -0.15) is 0 Å². The number of hydrogen-bond acceptors (Lipinski definition) is 2. The number of rotatable bonds is 1. The number of Topliss-reactive ketones (excluding diaryl/α,β-unsaturated/α-hetero) is 1. The van der Waals surface area contributed by atoms with E-state index in [1.165, 1.54) is 19.3 Å². The summed E-state index contributed by atoms with van der Waals surface area (Å²) in [6.45, 7) is 1.11. The van der Waals surface area contributed by atoms with Crippen molar-refractivity contribution >= 4 is 11.9 Å². The highest BCUT2D eigenvalue weighted by atomic mass is 16.1. The van der Waals surface area contributed by atoms with Crippen LogP contribution >= 0.6 is 0 Å². The number of benzene rings is 1. The molecule has 4 heterocycles. The second kappa shape index (κ2) is 4.22. The van der Waals surface area contributed by atoms with Gasteiger partial charge in [-0.3, -0.25) is 4.79 Å². The van der Waals surface area contributed by atoms with Crippen molar-refractivity contribution in [3.63, 3.8) is 0 Å². The summed E-state index contributed by atoms with van der Waals surface area (Å²) in [4.78, 5) is 15.0. The van der Waals surface area contributed by atoms with E-state index >= 15 is 0 Å². The van der Waals surface area contributed by atoms with Crippen LogP contribution in [0.15, 0.2) is 36.0 Å². The molecule has 4 saturated heterocycles. The highest BCUT2D eigenvalue weighted by molar-refractivity contribution is 6.02. The standard InChI is InChI=1S/C17H19NO/c19-17-15-10-14-8-4-7-13(15)11-18(14)16(17)9-12-5-2-1-3-6-12/h1-3,5-6,9,13-15H,4,7-8,10-11H2/b16-9-/t13-,14+,15-/m1/s1. The maximum Gasteiger partial charge on any atom is 0.182 e. The van der Waals surface area contributed by atoms with Crippen molar-refractivity contribution in [3.05, 3.63) is 41.6 Å². The van der Waals surface area contributed by atoms with Gasteiger partial charge in [-0.25, -0.2) is 0 Å². The van der Waals surface area contributed by atoms with Crippen LogP contribution in [-0.2, 0) is 4.79 Å². The van der Waals surface area contributed by atoms with Crippen molar-refractivity contribution in [2.75, 3.05) is 6.54 Å². The van der Waals surface area contributed by atoms with Crippen LogP contribution in [0.3, 0.4) is 0 Å². The van der Waals surface area contributed by atoms with Crippen LogP contribution in [0.25, 0.3) is 6.08 Å². The van der Waals surface area contributed by atoms with Gasteiger partial charge in [0.2, 0.25) is 0 Å². The summed E-state index contributed by atoms with van der Waals surface area (Å²) >= 11 is 0. The SMILES string of the molecule is O=C1/C(=C/c2ccccc2)N2C[C@H]3CCC[C@H]2C[C@@H]13. The summed E-state index contributed by atoms with van der Waals surface area (Å²) in [5, 5.41) is 0. The minimum absolute atomic E-state index is 0.312. The Labute approximate surface area is 114 Å². The molecule has 98 valence electrons. The number of fused-ring (bicyclic) bond motifs is 3. The Morgan fingerprint density at radius 2 is 2.00 bits per heavy atom. The van der Waals surface area contributed by atoms with Gasteiger partial charge < -0.3 is 4.90 Å². The van der Waals surface area contributed by atoms with Crippen LogP contribution in [0.1, 0.15) is 31.2 Å². The first-order valence-corrected chi connectivity index (χ1v) is 7.40. The lowest BCUT2D eigenvalue weighted by Crippen LogP contribution is -2.54. The molecule has 3 atom stereocenters. The molecule has 6 rings (SSSR count). The van der Waals surface area contributed by atoms with Crippen LogP contribution in [0.5, 0.6) is 0 Å². The summed E-state index contributed by atoms with van der Waals surface area (Å²) in [6, 6.07) is 10.9. The molecule has 2 heteroatoms. The predicted molar refractivity (Wildman–Crippen MR) is 75.4 cm³/mol. The van der Waals surface area contributed by atoms with Crippen LogP contribution in [0.4, 0.5) is 0 Å². The Morgan fingerprint density at radius 1 is 1.16 bits per heavy atom. The number of allylic oxidation sites excluding steroid dienone is 1. The molecule has 0 spiro atoms. The maximum absolute atomic E-state index is 12.6. The van der Waals surface area contributed by atoms with E-state index in [4.69, 9.17) is 0 Å². The molecule has 2 nitrogen and oxygen atoms in total. The molecular formula is C17H19NO. The van der Waals surface area contributed by atoms with Crippen molar-refractivity contribution in [3.8, 4) is 0 Å². The maximum atomic E-state index is 12.6. The number of nitrogens with zero attached hydrogens (tertiary/aromatic N) is 1. The summed E-state index contributed by atoms with van der Waals surface area (Å²) < 4.78 is 0. The van der Waals surface area contributed by atoms with Gasteiger partial charge in [-0.15, -0.1) is 0 Å². The van der Waals surface area contributed by atoms with E-state index in [0.717, 1.165) is 24.2 Å². The zero-order chi connectivity index (χ0) is 12.8. The van der Waals surface area contributed by atoms with E-state index in [1.54, 1.807) is 0 Å². The lowest BCUT2D eigenvalue weighted by atomic mass is 9.74. The zero-order valence-electron chi connectivity index (χ0n) is 11.1. The quantitative estimate of drug-likeness (QED) is 0.717. The van der Waals surface area contributed by atoms with Gasteiger partial charge >= 0.3 is 0 Å². The molecule has 19 heavy (non-hydrogen) atoms. The number of piperidine rings is 3. The molecule has 0 radical (unpaired) electrons. The van der Waals surface area contributed by atoms with Crippen LogP contribution in [0, 0.1) is 11.8 Å². The fraction of sp³-hybridized carbons (Fsp3) is 0.471. The van der Waals surface area contributed by atoms with Crippen molar-refractivity contribution in [1.29, 1.82) is 0 Å². The Kier molecular flexibility index (Phi) is 2.51. The molecule has 0 unspecified atom stereocenters. The van der Waals surface area contributed by atoms with Gasteiger partial charge in [0, 0.05) is 18.5 Å². The fourth-order valence-electron chi connectivity index (χ4n) is 4.13. The average molecular weight is 253 g/mol. The average Bonchev–Trinajstić information content (AvgIpc) is 2.76. The van der Waals surface area contributed by atoms with Gasteiger partial charge in [0.05, 0.1) is 5.70 Å². The molecule has 1 saturated carbocycles. The van der Waals surface area contributed by atoms with Crippen molar-refractivity contribution < 1.29 is 4.79 Å². The highest BCUT2D eigenvalue weighted by Gasteiger charge is 2.48. The van der Waals surface area contributed by atoms with E-state index < -0.39 is 0 Å². The third-order valence-electron chi connectivity index (χ3n) is 5.08. The van der Waals surface area contributed by atoms with E-state index in [0.29, 0.717) is 23.7 Å². The number of carbonyl (C=O) groups excluding carboxylic acids is 1. The molecular weight excluding hydrogens is 234 g/mol. The van der Waals surface area contributed by atoms with Crippen molar-refractivity contribution in [2.24, 2.45) is 11.8 Å². The van der Waals surface area contributed by atoms with Crippen molar-refractivity contribution in [2.45, 2.75) is 31.7 Å². The summed E-state index contributed by atoms with van der Waals surface area (Å²) in [7, 11) is 0. The second-order valence-electron chi connectivity index (χ2n) is 6.14. The Balaban J connectivity index is 1.74. The van der Waals surface area contributed by atoms with Crippen LogP contribution in [0.2, 0.25) is 0 Å². The van der Waals surface area contributed by atoms with Gasteiger partial charge in [-0.05, 0) is 36.8 Å². The van der Waals surface area contributed by atoms with Gasteiger partial charge in [0.25, 0.3) is 0 Å². The van der Waals surface area contributed by atoms with E-state index in [1.807, 2.05) is 18.2 Å². The molecule has 1 aromatic carbocycles. The zero-order valence-corrected chi connectivity index (χ0v) is 11.1. The van der Waals surface area contributed by atoms with E-state index in [2.05, 4.69) is 23.1 Å². The molecule has 1 aliphatic carbocycles. The second-order valence-corrected chi connectivity index (χ2v) is 6.14. The van der Waals surface area contributed by atoms with E-state index in [9.17, 15) is 4.79 Å². The monoisotopic (exact) mass is 253 g/mol. The Morgan fingerprint density at radius 3 is 2.84 bits per heavy atom. The third-order valence-corrected chi connectivity index (χ3v) is 5.08. The van der Waals surface area contributed by atoms with Crippen molar-refractivity contribution in [1.82, 2.24) is 4.90 Å². The summed E-state index contributed by atoms with van der Waals surface area (Å²) in [5.41, 5.74) is 2.12. The molecule has 4 bridgehead atoms. The third kappa shape index (κ3) is 1.73.